The first-order valence-corrected chi connectivity index (χ1v) is 4.66. The zero-order valence-corrected chi connectivity index (χ0v) is 8.14. The van der Waals surface area contributed by atoms with Crippen molar-refractivity contribution in [3.63, 3.8) is 0 Å². The van der Waals surface area contributed by atoms with Crippen molar-refractivity contribution < 1.29 is 0 Å². The van der Waals surface area contributed by atoms with Gasteiger partial charge in [0, 0.05) is 12.6 Å². The summed E-state index contributed by atoms with van der Waals surface area (Å²) in [5, 5.41) is 0. The molecule has 11 heavy (non-hydrogen) atoms. The van der Waals surface area contributed by atoms with Gasteiger partial charge in [-0.2, -0.15) is 0 Å². The Hall–Kier alpha value is -0.0800. The molecule has 0 saturated heterocycles. The second-order valence-corrected chi connectivity index (χ2v) is 3.10. The summed E-state index contributed by atoms with van der Waals surface area (Å²) in [4.78, 5) is 2.33. The van der Waals surface area contributed by atoms with Gasteiger partial charge in [0.1, 0.15) is 0 Å². The third-order valence-corrected chi connectivity index (χ3v) is 2.29. The Morgan fingerprint density at radius 2 is 2.00 bits per heavy atom. The van der Waals surface area contributed by atoms with Crippen LogP contribution in [0.4, 0.5) is 0 Å². The Balaban J connectivity index is 3.56. The smallest absolute Gasteiger partial charge is 0.0215 e. The number of unbranched alkanes of at least 4 members (excludes halogenated alkanes) is 1. The molecule has 0 rings (SSSR count). The maximum Gasteiger partial charge on any atom is 0.0215 e. The molecule has 0 spiro atoms. The van der Waals surface area contributed by atoms with Crippen LogP contribution in [0, 0.1) is 0 Å². The van der Waals surface area contributed by atoms with Gasteiger partial charge in [-0.3, -0.25) is 0 Å². The third kappa shape index (κ3) is 4.38. The number of hydrogen-bond donors (Lipinski definition) is 1. The summed E-state index contributed by atoms with van der Waals surface area (Å²) in [6, 6.07) is 0.597. The fraction of sp³-hybridized carbons (Fsp3) is 1.00. The van der Waals surface area contributed by atoms with Crippen LogP contribution >= 0.6 is 0 Å². The van der Waals surface area contributed by atoms with Crippen molar-refractivity contribution in [2.75, 3.05) is 20.1 Å². The van der Waals surface area contributed by atoms with Crippen molar-refractivity contribution in [3.8, 4) is 0 Å². The SMILES string of the molecule is CCCCC(CN)N(C)CC. The Labute approximate surface area is 70.8 Å². The quantitative estimate of drug-likeness (QED) is 0.634. The molecule has 0 aliphatic rings. The molecule has 0 bridgehead atoms. The number of hydrogen-bond acceptors (Lipinski definition) is 2. The highest BCUT2D eigenvalue weighted by molar-refractivity contribution is 4.67. The minimum Gasteiger partial charge on any atom is -0.329 e. The molecular formula is C9H22N2. The van der Waals surface area contributed by atoms with Crippen LogP contribution in [0.25, 0.3) is 0 Å². The van der Waals surface area contributed by atoms with Gasteiger partial charge in [-0.1, -0.05) is 26.7 Å². The lowest BCUT2D eigenvalue weighted by atomic mass is 10.1. The second kappa shape index (κ2) is 6.62. The third-order valence-electron chi connectivity index (χ3n) is 2.29. The van der Waals surface area contributed by atoms with E-state index in [1.807, 2.05) is 0 Å². The van der Waals surface area contributed by atoms with E-state index >= 15 is 0 Å². The van der Waals surface area contributed by atoms with Gasteiger partial charge in [0.25, 0.3) is 0 Å². The van der Waals surface area contributed by atoms with E-state index in [0.29, 0.717) is 6.04 Å². The van der Waals surface area contributed by atoms with Crippen molar-refractivity contribution in [3.05, 3.63) is 0 Å². The van der Waals surface area contributed by atoms with E-state index in [2.05, 4.69) is 25.8 Å². The van der Waals surface area contributed by atoms with Gasteiger partial charge in [0.05, 0.1) is 0 Å². The number of likely N-dealkylation sites (N-methyl/N-ethyl adjacent to an activating group) is 1. The molecule has 0 aliphatic carbocycles. The molecule has 0 heterocycles. The molecule has 0 radical (unpaired) electrons. The van der Waals surface area contributed by atoms with Gasteiger partial charge in [-0.15, -0.1) is 0 Å². The molecule has 2 N–H and O–H groups in total. The first-order chi connectivity index (χ1) is 5.26. The fourth-order valence-electron chi connectivity index (χ4n) is 1.22. The van der Waals surface area contributed by atoms with E-state index in [1.54, 1.807) is 0 Å². The lowest BCUT2D eigenvalue weighted by Gasteiger charge is -2.25. The summed E-state index contributed by atoms with van der Waals surface area (Å²) < 4.78 is 0. The number of rotatable bonds is 6. The predicted molar refractivity (Wildman–Crippen MR) is 50.7 cm³/mol. The summed E-state index contributed by atoms with van der Waals surface area (Å²) in [5.74, 6) is 0. The Morgan fingerprint density at radius 3 is 2.36 bits per heavy atom. The molecule has 1 atom stereocenters. The van der Waals surface area contributed by atoms with E-state index < -0.39 is 0 Å². The van der Waals surface area contributed by atoms with Gasteiger partial charge in [-0.25, -0.2) is 0 Å². The van der Waals surface area contributed by atoms with Crippen LogP contribution < -0.4 is 5.73 Å². The number of nitrogens with two attached hydrogens (primary N) is 1. The minimum absolute atomic E-state index is 0.597. The Bertz CT molecular complexity index is 83.6. The lowest BCUT2D eigenvalue weighted by Crippen LogP contribution is -2.37. The normalized spacial score (nSPS) is 13.9. The van der Waals surface area contributed by atoms with Crippen molar-refractivity contribution in [2.24, 2.45) is 5.73 Å². The molecule has 2 nitrogen and oxygen atoms in total. The molecule has 0 amide bonds. The van der Waals surface area contributed by atoms with Crippen molar-refractivity contribution in [1.82, 2.24) is 4.90 Å². The minimum atomic E-state index is 0.597. The largest absolute Gasteiger partial charge is 0.329 e. The molecule has 0 aliphatic heterocycles. The molecule has 0 aromatic rings. The summed E-state index contributed by atoms with van der Waals surface area (Å²) in [6.45, 7) is 6.30. The molecule has 0 fully saturated rings. The van der Waals surface area contributed by atoms with Crippen LogP contribution in [0.15, 0.2) is 0 Å². The van der Waals surface area contributed by atoms with Gasteiger partial charge < -0.3 is 10.6 Å². The van der Waals surface area contributed by atoms with E-state index in [4.69, 9.17) is 5.73 Å². The van der Waals surface area contributed by atoms with E-state index in [-0.39, 0.29) is 0 Å². The Morgan fingerprint density at radius 1 is 1.36 bits per heavy atom. The average Bonchev–Trinajstić information content (AvgIpc) is 2.05. The van der Waals surface area contributed by atoms with Gasteiger partial charge in [0.2, 0.25) is 0 Å². The van der Waals surface area contributed by atoms with Crippen LogP contribution in [0.1, 0.15) is 33.1 Å². The van der Waals surface area contributed by atoms with Crippen LogP contribution in [0.2, 0.25) is 0 Å². The predicted octanol–water partition coefficient (Wildman–Crippen LogP) is 1.46. The Kier molecular flexibility index (Phi) is 6.57. The average molecular weight is 158 g/mol. The highest BCUT2D eigenvalue weighted by atomic mass is 15.1. The summed E-state index contributed by atoms with van der Waals surface area (Å²) in [6.07, 6.45) is 3.82. The topological polar surface area (TPSA) is 29.3 Å². The standard InChI is InChI=1S/C9H22N2/c1-4-6-7-9(8-10)11(3)5-2/h9H,4-8,10H2,1-3H3. The fourth-order valence-corrected chi connectivity index (χ4v) is 1.22. The maximum atomic E-state index is 5.65. The highest BCUT2D eigenvalue weighted by Crippen LogP contribution is 2.04. The summed E-state index contributed by atoms with van der Waals surface area (Å²) >= 11 is 0. The molecular weight excluding hydrogens is 136 g/mol. The molecule has 0 aromatic carbocycles. The van der Waals surface area contributed by atoms with Crippen LogP contribution in [-0.4, -0.2) is 31.1 Å². The highest BCUT2D eigenvalue weighted by Gasteiger charge is 2.09. The molecule has 0 aromatic heterocycles. The lowest BCUT2D eigenvalue weighted by molar-refractivity contribution is 0.243. The van der Waals surface area contributed by atoms with Crippen LogP contribution in [0.5, 0.6) is 0 Å². The summed E-state index contributed by atoms with van der Waals surface area (Å²) in [7, 11) is 2.15. The maximum absolute atomic E-state index is 5.65. The van der Waals surface area contributed by atoms with Gasteiger partial charge in [-0.05, 0) is 20.0 Å². The van der Waals surface area contributed by atoms with E-state index in [0.717, 1.165) is 13.1 Å². The van der Waals surface area contributed by atoms with Crippen molar-refractivity contribution in [1.29, 1.82) is 0 Å². The molecule has 68 valence electrons. The summed E-state index contributed by atoms with van der Waals surface area (Å²) in [5.41, 5.74) is 5.65. The van der Waals surface area contributed by atoms with Gasteiger partial charge >= 0.3 is 0 Å². The molecule has 0 saturated carbocycles. The zero-order valence-electron chi connectivity index (χ0n) is 8.14. The molecule has 2 heteroatoms. The molecule has 1 unspecified atom stereocenters. The monoisotopic (exact) mass is 158 g/mol. The van der Waals surface area contributed by atoms with E-state index in [1.165, 1.54) is 19.3 Å². The van der Waals surface area contributed by atoms with Crippen molar-refractivity contribution >= 4 is 0 Å². The first kappa shape index (κ1) is 10.9. The number of nitrogens with zero attached hydrogens (tertiary/aromatic N) is 1. The van der Waals surface area contributed by atoms with Gasteiger partial charge in [0.15, 0.2) is 0 Å². The zero-order chi connectivity index (χ0) is 8.69. The first-order valence-electron chi connectivity index (χ1n) is 4.66. The van der Waals surface area contributed by atoms with Crippen LogP contribution in [-0.2, 0) is 0 Å². The van der Waals surface area contributed by atoms with Crippen molar-refractivity contribution in [2.45, 2.75) is 39.2 Å². The second-order valence-electron chi connectivity index (χ2n) is 3.10. The van der Waals surface area contributed by atoms with E-state index in [9.17, 15) is 0 Å². The van der Waals surface area contributed by atoms with Crippen LogP contribution in [0.3, 0.4) is 0 Å².